The van der Waals surface area contributed by atoms with E-state index >= 15 is 0 Å². The Balaban J connectivity index is 1.68. The maximum atomic E-state index is 5.93. The Morgan fingerprint density at radius 3 is 2.95 bits per heavy atom. The van der Waals surface area contributed by atoms with E-state index in [4.69, 9.17) is 9.72 Å². The van der Waals surface area contributed by atoms with Gasteiger partial charge in [-0.25, -0.2) is 4.98 Å². The maximum Gasteiger partial charge on any atom is 0.128 e. The van der Waals surface area contributed by atoms with Crippen molar-refractivity contribution in [3.05, 3.63) is 41.9 Å². The van der Waals surface area contributed by atoms with Crippen LogP contribution in [0.15, 0.2) is 30.6 Å². The molecule has 0 saturated carbocycles. The first-order valence-electron chi connectivity index (χ1n) is 7.57. The lowest BCUT2D eigenvalue weighted by molar-refractivity contribution is -0.0349. The van der Waals surface area contributed by atoms with Gasteiger partial charge in [0, 0.05) is 52.5 Å². The highest BCUT2D eigenvalue weighted by atomic mass is 16.5. The minimum atomic E-state index is 0.0327. The number of nitrogens with zero attached hydrogens (tertiary/aromatic N) is 5. The molecule has 0 N–H and O–H groups in total. The van der Waals surface area contributed by atoms with Crippen molar-refractivity contribution in [1.82, 2.24) is 19.7 Å². The number of ether oxygens (including phenoxy) is 1. The van der Waals surface area contributed by atoms with Gasteiger partial charge in [-0.2, -0.15) is 5.10 Å². The summed E-state index contributed by atoms with van der Waals surface area (Å²) in [6.07, 6.45) is 4.02. The lowest BCUT2D eigenvalue weighted by Crippen LogP contribution is -2.38. The molecule has 0 unspecified atom stereocenters. The standard InChI is InChI=1S/C16H23N5O/c1-19(2)16-6-4-5-14(18-16)15-12-21(7-8-22-15)11-13-9-17-20(3)10-13/h4-6,9-10,15H,7-8,11-12H2,1-3H3/t15-/m1/s1. The van der Waals surface area contributed by atoms with Gasteiger partial charge >= 0.3 is 0 Å². The molecule has 1 aliphatic heterocycles. The van der Waals surface area contributed by atoms with E-state index < -0.39 is 0 Å². The minimum Gasteiger partial charge on any atom is -0.369 e. The highest BCUT2D eigenvalue weighted by Crippen LogP contribution is 2.23. The largest absolute Gasteiger partial charge is 0.369 e. The van der Waals surface area contributed by atoms with Gasteiger partial charge in [-0.15, -0.1) is 0 Å². The van der Waals surface area contributed by atoms with Crippen molar-refractivity contribution in [3.63, 3.8) is 0 Å². The molecule has 0 spiro atoms. The molecule has 3 heterocycles. The second kappa shape index (κ2) is 6.46. The number of pyridine rings is 1. The molecule has 1 saturated heterocycles. The fourth-order valence-corrected chi connectivity index (χ4v) is 2.70. The molecule has 118 valence electrons. The van der Waals surface area contributed by atoms with Crippen molar-refractivity contribution in [1.29, 1.82) is 0 Å². The zero-order valence-corrected chi connectivity index (χ0v) is 13.4. The Morgan fingerprint density at radius 2 is 2.23 bits per heavy atom. The maximum absolute atomic E-state index is 5.93. The van der Waals surface area contributed by atoms with E-state index in [0.717, 1.165) is 37.8 Å². The van der Waals surface area contributed by atoms with E-state index in [1.54, 1.807) is 0 Å². The summed E-state index contributed by atoms with van der Waals surface area (Å²) in [6.45, 7) is 3.44. The van der Waals surface area contributed by atoms with Crippen LogP contribution in [0.5, 0.6) is 0 Å². The molecule has 22 heavy (non-hydrogen) atoms. The van der Waals surface area contributed by atoms with Gasteiger partial charge in [-0.1, -0.05) is 6.07 Å². The van der Waals surface area contributed by atoms with E-state index in [1.807, 2.05) is 55.1 Å². The van der Waals surface area contributed by atoms with Gasteiger partial charge in [0.2, 0.25) is 0 Å². The summed E-state index contributed by atoms with van der Waals surface area (Å²) in [4.78, 5) is 9.11. The summed E-state index contributed by atoms with van der Waals surface area (Å²) < 4.78 is 7.77. The van der Waals surface area contributed by atoms with Crippen LogP contribution in [0, 0.1) is 0 Å². The van der Waals surface area contributed by atoms with Crippen molar-refractivity contribution in [2.75, 3.05) is 38.7 Å². The van der Waals surface area contributed by atoms with E-state index in [2.05, 4.69) is 16.2 Å². The molecule has 0 radical (unpaired) electrons. The highest BCUT2D eigenvalue weighted by Gasteiger charge is 2.23. The SMILES string of the molecule is CN(C)c1cccc([C@H]2CN(Cc3cnn(C)c3)CCO2)n1. The molecule has 1 aliphatic rings. The molecular weight excluding hydrogens is 278 g/mol. The Bertz CT molecular complexity index is 625. The van der Waals surface area contributed by atoms with Crippen LogP contribution in [-0.2, 0) is 18.3 Å². The van der Waals surface area contributed by atoms with Crippen LogP contribution in [0.3, 0.4) is 0 Å². The van der Waals surface area contributed by atoms with Crippen LogP contribution >= 0.6 is 0 Å². The number of aryl methyl sites for hydroxylation is 1. The fraction of sp³-hybridized carbons (Fsp3) is 0.500. The van der Waals surface area contributed by atoms with Crippen molar-refractivity contribution in [3.8, 4) is 0 Å². The number of rotatable bonds is 4. The van der Waals surface area contributed by atoms with Crippen LogP contribution < -0.4 is 4.90 Å². The monoisotopic (exact) mass is 301 g/mol. The summed E-state index contributed by atoms with van der Waals surface area (Å²) in [5.74, 6) is 0.963. The molecule has 2 aromatic rings. The number of anilines is 1. The van der Waals surface area contributed by atoms with E-state index in [-0.39, 0.29) is 6.10 Å². The minimum absolute atomic E-state index is 0.0327. The van der Waals surface area contributed by atoms with E-state index in [9.17, 15) is 0 Å². The highest BCUT2D eigenvalue weighted by molar-refractivity contribution is 5.37. The van der Waals surface area contributed by atoms with Crippen molar-refractivity contribution in [2.24, 2.45) is 7.05 Å². The summed E-state index contributed by atoms with van der Waals surface area (Å²) in [5.41, 5.74) is 2.24. The summed E-state index contributed by atoms with van der Waals surface area (Å²) >= 11 is 0. The first-order valence-corrected chi connectivity index (χ1v) is 7.57. The number of hydrogen-bond donors (Lipinski definition) is 0. The van der Waals surface area contributed by atoms with Gasteiger partial charge in [0.1, 0.15) is 11.9 Å². The molecule has 0 amide bonds. The third kappa shape index (κ3) is 3.45. The topological polar surface area (TPSA) is 46.4 Å². The van der Waals surface area contributed by atoms with Gasteiger partial charge in [-0.05, 0) is 12.1 Å². The average Bonchev–Trinajstić information content (AvgIpc) is 2.93. The first kappa shape index (κ1) is 15.0. The van der Waals surface area contributed by atoms with E-state index in [1.165, 1.54) is 5.56 Å². The van der Waals surface area contributed by atoms with Crippen molar-refractivity contribution < 1.29 is 4.74 Å². The molecule has 6 heteroatoms. The lowest BCUT2D eigenvalue weighted by atomic mass is 10.1. The molecular formula is C16H23N5O. The van der Waals surface area contributed by atoms with Crippen LogP contribution in [0.1, 0.15) is 17.4 Å². The average molecular weight is 301 g/mol. The molecule has 0 bridgehead atoms. The van der Waals surface area contributed by atoms with Gasteiger partial charge in [-0.3, -0.25) is 9.58 Å². The zero-order valence-electron chi connectivity index (χ0n) is 13.4. The molecule has 0 aromatic carbocycles. The van der Waals surface area contributed by atoms with Crippen LogP contribution in [0.25, 0.3) is 0 Å². The predicted molar refractivity (Wildman–Crippen MR) is 85.7 cm³/mol. The van der Waals surface area contributed by atoms with E-state index in [0.29, 0.717) is 0 Å². The van der Waals surface area contributed by atoms with Crippen LogP contribution in [-0.4, -0.2) is 53.5 Å². The molecule has 3 rings (SSSR count). The molecule has 1 fully saturated rings. The first-order chi connectivity index (χ1) is 10.6. The Hall–Kier alpha value is -1.92. The summed E-state index contributed by atoms with van der Waals surface area (Å²) in [7, 11) is 5.95. The van der Waals surface area contributed by atoms with Crippen LogP contribution in [0.4, 0.5) is 5.82 Å². The Labute approximate surface area is 131 Å². The number of aromatic nitrogens is 3. The quantitative estimate of drug-likeness (QED) is 0.855. The van der Waals surface area contributed by atoms with Gasteiger partial charge in [0.15, 0.2) is 0 Å². The Kier molecular flexibility index (Phi) is 4.40. The fourth-order valence-electron chi connectivity index (χ4n) is 2.70. The number of hydrogen-bond acceptors (Lipinski definition) is 5. The van der Waals surface area contributed by atoms with Crippen molar-refractivity contribution >= 4 is 5.82 Å². The van der Waals surface area contributed by atoms with Gasteiger partial charge < -0.3 is 9.64 Å². The second-order valence-corrected chi connectivity index (χ2v) is 5.93. The lowest BCUT2D eigenvalue weighted by Gasteiger charge is -2.32. The molecule has 2 aromatic heterocycles. The summed E-state index contributed by atoms with van der Waals surface area (Å²) in [6, 6.07) is 6.10. The second-order valence-electron chi connectivity index (χ2n) is 5.93. The number of morpholine rings is 1. The van der Waals surface area contributed by atoms with Gasteiger partial charge in [0.25, 0.3) is 0 Å². The smallest absolute Gasteiger partial charge is 0.128 e. The molecule has 6 nitrogen and oxygen atoms in total. The predicted octanol–water partition coefficient (Wildman–Crippen LogP) is 1.45. The van der Waals surface area contributed by atoms with Crippen LogP contribution in [0.2, 0.25) is 0 Å². The molecule has 1 atom stereocenters. The third-order valence-corrected chi connectivity index (χ3v) is 3.86. The Morgan fingerprint density at radius 1 is 1.36 bits per heavy atom. The summed E-state index contributed by atoms with van der Waals surface area (Å²) in [5, 5.41) is 4.23. The third-order valence-electron chi connectivity index (χ3n) is 3.86. The molecule has 0 aliphatic carbocycles. The van der Waals surface area contributed by atoms with Gasteiger partial charge in [0.05, 0.1) is 18.5 Å². The van der Waals surface area contributed by atoms with Crippen molar-refractivity contribution in [2.45, 2.75) is 12.6 Å². The zero-order chi connectivity index (χ0) is 15.5. The normalized spacial score (nSPS) is 19.3.